The van der Waals surface area contributed by atoms with Crippen molar-refractivity contribution < 1.29 is 9.59 Å². The van der Waals surface area contributed by atoms with E-state index in [0.717, 1.165) is 10.6 Å². The highest BCUT2D eigenvalue weighted by Gasteiger charge is 2.24. The number of amides is 2. The third kappa shape index (κ3) is 4.57. The number of carbonyl (C=O) groups excluding carboxylic acids is 2. The molecular weight excluding hydrogens is 414 g/mol. The SMILES string of the molecule is O=C(c1ccccc1)N(/N=C/c1cn[nH]c1-c1ccc(Cl)cc1)C(=O)c1ccncc1. The van der Waals surface area contributed by atoms with Gasteiger partial charge >= 0.3 is 0 Å². The van der Waals surface area contributed by atoms with Gasteiger partial charge in [-0.05, 0) is 36.4 Å². The lowest BCUT2D eigenvalue weighted by atomic mass is 10.1. The highest BCUT2D eigenvalue weighted by molar-refractivity contribution is 6.30. The normalized spacial score (nSPS) is 10.9. The van der Waals surface area contributed by atoms with E-state index in [-0.39, 0.29) is 0 Å². The molecule has 0 spiro atoms. The van der Waals surface area contributed by atoms with Crippen molar-refractivity contribution >= 4 is 29.6 Å². The first-order valence-electron chi connectivity index (χ1n) is 9.30. The molecule has 0 radical (unpaired) electrons. The number of aromatic amines is 1. The van der Waals surface area contributed by atoms with E-state index in [1.54, 1.807) is 48.7 Å². The van der Waals surface area contributed by atoms with Crippen LogP contribution in [0.1, 0.15) is 26.3 Å². The number of rotatable bonds is 5. The predicted molar refractivity (Wildman–Crippen MR) is 118 cm³/mol. The number of hydrogen-bond donors (Lipinski definition) is 1. The van der Waals surface area contributed by atoms with Crippen molar-refractivity contribution in [2.24, 2.45) is 5.10 Å². The summed E-state index contributed by atoms with van der Waals surface area (Å²) in [5, 5.41) is 12.6. The van der Waals surface area contributed by atoms with Crippen molar-refractivity contribution in [3.05, 3.63) is 107 Å². The number of benzene rings is 2. The van der Waals surface area contributed by atoms with Gasteiger partial charge in [-0.1, -0.05) is 41.9 Å². The summed E-state index contributed by atoms with van der Waals surface area (Å²) >= 11 is 5.96. The van der Waals surface area contributed by atoms with Crippen LogP contribution in [0.4, 0.5) is 0 Å². The Balaban J connectivity index is 1.69. The highest BCUT2D eigenvalue weighted by atomic mass is 35.5. The summed E-state index contributed by atoms with van der Waals surface area (Å²) in [4.78, 5) is 30.0. The molecule has 2 amide bonds. The van der Waals surface area contributed by atoms with E-state index in [4.69, 9.17) is 11.6 Å². The maximum atomic E-state index is 13.0. The summed E-state index contributed by atoms with van der Waals surface area (Å²) in [6.45, 7) is 0. The van der Waals surface area contributed by atoms with Gasteiger partial charge in [-0.2, -0.15) is 15.2 Å². The number of imide groups is 1. The lowest BCUT2D eigenvalue weighted by Gasteiger charge is -2.15. The Kier molecular flexibility index (Phi) is 5.96. The minimum absolute atomic E-state index is 0.293. The van der Waals surface area contributed by atoms with Crippen molar-refractivity contribution in [3.8, 4) is 11.3 Å². The number of carbonyl (C=O) groups is 2. The summed E-state index contributed by atoms with van der Waals surface area (Å²) in [6.07, 6.45) is 5.95. The van der Waals surface area contributed by atoms with Crippen LogP contribution in [0.2, 0.25) is 5.02 Å². The van der Waals surface area contributed by atoms with Crippen LogP contribution in [-0.2, 0) is 0 Å². The molecule has 8 heteroatoms. The number of hydrogen-bond acceptors (Lipinski definition) is 5. The third-order valence-corrected chi connectivity index (χ3v) is 4.70. The average molecular weight is 430 g/mol. The Labute approximate surface area is 183 Å². The zero-order valence-corrected chi connectivity index (χ0v) is 16.9. The van der Waals surface area contributed by atoms with E-state index in [1.807, 2.05) is 12.1 Å². The minimum Gasteiger partial charge on any atom is -0.277 e. The van der Waals surface area contributed by atoms with Gasteiger partial charge in [0.25, 0.3) is 11.8 Å². The monoisotopic (exact) mass is 429 g/mol. The third-order valence-electron chi connectivity index (χ3n) is 4.45. The van der Waals surface area contributed by atoms with Crippen LogP contribution < -0.4 is 0 Å². The summed E-state index contributed by atoms with van der Waals surface area (Å²) in [7, 11) is 0. The number of nitrogens with zero attached hydrogens (tertiary/aromatic N) is 4. The Morgan fingerprint density at radius 1 is 0.903 bits per heavy atom. The van der Waals surface area contributed by atoms with E-state index in [1.165, 1.54) is 30.7 Å². The lowest BCUT2D eigenvalue weighted by molar-refractivity contribution is 0.0622. The fourth-order valence-corrected chi connectivity index (χ4v) is 3.00. The molecule has 0 bridgehead atoms. The van der Waals surface area contributed by atoms with Crippen LogP contribution in [0.25, 0.3) is 11.3 Å². The van der Waals surface area contributed by atoms with Gasteiger partial charge < -0.3 is 0 Å². The Morgan fingerprint density at radius 3 is 2.23 bits per heavy atom. The fraction of sp³-hybridized carbons (Fsp3) is 0. The summed E-state index contributed by atoms with van der Waals surface area (Å²) < 4.78 is 0. The first kappa shape index (κ1) is 20.2. The minimum atomic E-state index is -0.566. The molecule has 0 aliphatic rings. The second-order valence-electron chi connectivity index (χ2n) is 6.48. The van der Waals surface area contributed by atoms with E-state index in [0.29, 0.717) is 27.4 Å². The van der Waals surface area contributed by atoms with Crippen LogP contribution in [0, 0.1) is 0 Å². The lowest BCUT2D eigenvalue weighted by Crippen LogP contribution is -2.32. The molecule has 4 rings (SSSR count). The van der Waals surface area contributed by atoms with Crippen molar-refractivity contribution in [1.29, 1.82) is 0 Å². The maximum Gasteiger partial charge on any atom is 0.281 e. The Bertz CT molecular complexity index is 1170. The van der Waals surface area contributed by atoms with Crippen molar-refractivity contribution in [2.75, 3.05) is 0 Å². The number of H-pyrrole nitrogens is 1. The first-order valence-corrected chi connectivity index (χ1v) is 9.68. The standard InChI is InChI=1S/C23H16ClN5O2/c24-20-8-6-16(7-9-20)21-19(14-26-28-21)15-27-29(22(30)17-4-2-1-3-5-17)23(31)18-10-12-25-13-11-18/h1-15H,(H,26,28)/b27-15+. The van der Waals surface area contributed by atoms with E-state index in [9.17, 15) is 9.59 Å². The summed E-state index contributed by atoms with van der Waals surface area (Å²) in [5.41, 5.74) is 2.76. The molecule has 0 unspecified atom stereocenters. The Morgan fingerprint density at radius 2 is 1.55 bits per heavy atom. The topological polar surface area (TPSA) is 91.3 Å². The van der Waals surface area contributed by atoms with Crippen LogP contribution in [0.5, 0.6) is 0 Å². The molecule has 0 aliphatic heterocycles. The Hall–Kier alpha value is -4.10. The zero-order chi connectivity index (χ0) is 21.6. The number of hydrazone groups is 1. The molecule has 152 valence electrons. The van der Waals surface area contributed by atoms with Gasteiger partial charge in [-0.3, -0.25) is 19.7 Å². The van der Waals surface area contributed by atoms with E-state index in [2.05, 4.69) is 20.3 Å². The van der Waals surface area contributed by atoms with Gasteiger partial charge in [0.1, 0.15) is 0 Å². The number of pyridine rings is 1. The zero-order valence-electron chi connectivity index (χ0n) is 16.1. The number of nitrogens with one attached hydrogen (secondary N) is 1. The van der Waals surface area contributed by atoms with Crippen molar-refractivity contribution in [2.45, 2.75) is 0 Å². The van der Waals surface area contributed by atoms with Crippen LogP contribution >= 0.6 is 11.6 Å². The van der Waals surface area contributed by atoms with Gasteiger partial charge in [-0.15, -0.1) is 0 Å². The van der Waals surface area contributed by atoms with Crippen LogP contribution in [0.3, 0.4) is 0 Å². The molecule has 0 saturated heterocycles. The number of halogens is 1. The highest BCUT2D eigenvalue weighted by Crippen LogP contribution is 2.22. The quantitative estimate of drug-likeness (QED) is 0.288. The number of aromatic nitrogens is 3. The van der Waals surface area contributed by atoms with Gasteiger partial charge in [0.05, 0.1) is 18.1 Å². The van der Waals surface area contributed by atoms with Gasteiger partial charge in [0.2, 0.25) is 0 Å². The molecular formula is C23H16ClN5O2. The van der Waals surface area contributed by atoms with Gasteiger partial charge in [-0.25, -0.2) is 0 Å². The van der Waals surface area contributed by atoms with E-state index >= 15 is 0 Å². The molecule has 4 aromatic rings. The molecule has 0 atom stereocenters. The van der Waals surface area contributed by atoms with Crippen molar-refractivity contribution in [1.82, 2.24) is 20.2 Å². The molecule has 1 N–H and O–H groups in total. The second kappa shape index (κ2) is 9.15. The van der Waals surface area contributed by atoms with Crippen molar-refractivity contribution in [3.63, 3.8) is 0 Å². The van der Waals surface area contributed by atoms with Crippen LogP contribution in [0.15, 0.2) is 90.4 Å². The molecule has 2 heterocycles. The molecule has 2 aromatic carbocycles. The molecule has 0 fully saturated rings. The van der Waals surface area contributed by atoms with E-state index < -0.39 is 11.8 Å². The largest absolute Gasteiger partial charge is 0.281 e. The van der Waals surface area contributed by atoms with Gasteiger partial charge in [0, 0.05) is 39.7 Å². The van der Waals surface area contributed by atoms with Crippen LogP contribution in [-0.4, -0.2) is 38.2 Å². The summed E-state index contributed by atoms with van der Waals surface area (Å²) in [6, 6.07) is 18.7. The molecule has 7 nitrogen and oxygen atoms in total. The first-order chi connectivity index (χ1) is 15.1. The second-order valence-corrected chi connectivity index (χ2v) is 6.91. The smallest absolute Gasteiger partial charge is 0.277 e. The predicted octanol–water partition coefficient (Wildman–Crippen LogP) is 4.44. The maximum absolute atomic E-state index is 13.0. The average Bonchev–Trinajstić information content (AvgIpc) is 3.29. The molecule has 0 saturated carbocycles. The summed E-state index contributed by atoms with van der Waals surface area (Å²) in [5.74, 6) is -1.11. The molecule has 31 heavy (non-hydrogen) atoms. The van der Waals surface area contributed by atoms with Gasteiger partial charge in [0.15, 0.2) is 0 Å². The molecule has 0 aliphatic carbocycles. The fourth-order valence-electron chi connectivity index (χ4n) is 2.88. The molecule has 2 aromatic heterocycles.